The lowest BCUT2D eigenvalue weighted by Crippen LogP contribution is -2.62. The highest BCUT2D eigenvalue weighted by molar-refractivity contribution is 6.02. The zero-order chi connectivity index (χ0) is 20.4. The van der Waals surface area contributed by atoms with Gasteiger partial charge < -0.3 is 4.90 Å². The maximum atomic E-state index is 12.9. The first-order valence-corrected chi connectivity index (χ1v) is 10.9. The summed E-state index contributed by atoms with van der Waals surface area (Å²) in [6.07, 6.45) is 4.91. The van der Waals surface area contributed by atoms with Crippen molar-refractivity contribution in [3.05, 3.63) is 35.9 Å². The van der Waals surface area contributed by atoms with Crippen molar-refractivity contribution >= 4 is 11.9 Å². The van der Waals surface area contributed by atoms with Crippen LogP contribution >= 0.6 is 0 Å². The summed E-state index contributed by atoms with van der Waals surface area (Å²) in [4.78, 5) is 22.7. The van der Waals surface area contributed by atoms with E-state index in [1.54, 1.807) is 0 Å². The summed E-state index contributed by atoms with van der Waals surface area (Å²) in [5.41, 5.74) is 0.693. The van der Waals surface area contributed by atoms with E-state index in [0.29, 0.717) is 18.0 Å². The zero-order valence-corrected chi connectivity index (χ0v) is 17.5. The van der Waals surface area contributed by atoms with Gasteiger partial charge in [0, 0.05) is 31.7 Å². The lowest BCUT2D eigenvalue weighted by atomic mass is 9.75. The molecule has 0 aromatic heterocycles. The Morgan fingerprint density at radius 3 is 2.45 bits per heavy atom. The van der Waals surface area contributed by atoms with Crippen molar-refractivity contribution in [1.29, 1.82) is 5.26 Å². The Morgan fingerprint density at radius 1 is 1.17 bits per heavy atom. The van der Waals surface area contributed by atoms with Crippen LogP contribution in [0.5, 0.6) is 0 Å². The van der Waals surface area contributed by atoms with Crippen LogP contribution in [0.25, 0.3) is 0 Å². The van der Waals surface area contributed by atoms with Crippen molar-refractivity contribution < 1.29 is 4.79 Å². The van der Waals surface area contributed by atoms with E-state index in [1.807, 2.05) is 6.07 Å². The average Bonchev–Trinajstić information content (AvgIpc) is 2.70. The van der Waals surface area contributed by atoms with Crippen molar-refractivity contribution in [2.75, 3.05) is 13.1 Å². The Bertz CT molecular complexity index is 796. The number of likely N-dealkylation sites (tertiary alicyclic amines) is 2. The van der Waals surface area contributed by atoms with Gasteiger partial charge in [0.2, 0.25) is 11.9 Å². The fourth-order valence-electron chi connectivity index (χ4n) is 5.21. The monoisotopic (exact) mass is 393 g/mol. The molecule has 29 heavy (non-hydrogen) atoms. The maximum absolute atomic E-state index is 12.9. The number of nitrogens with zero attached hydrogens (tertiary/aromatic N) is 4. The highest BCUT2D eigenvalue weighted by Crippen LogP contribution is 2.37. The van der Waals surface area contributed by atoms with Crippen molar-refractivity contribution in [3.8, 4) is 6.07 Å². The molecule has 0 bridgehead atoms. The summed E-state index contributed by atoms with van der Waals surface area (Å²) in [6.45, 7) is 7.01. The molecule has 0 saturated carbocycles. The lowest BCUT2D eigenvalue weighted by Gasteiger charge is -2.47. The highest BCUT2D eigenvalue weighted by Gasteiger charge is 2.50. The first-order chi connectivity index (χ1) is 14.0. The van der Waals surface area contributed by atoms with Gasteiger partial charge in [-0.25, -0.2) is 4.99 Å². The minimum atomic E-state index is -0.708. The second-order valence-electron chi connectivity index (χ2n) is 8.89. The molecule has 6 nitrogen and oxygen atoms in total. The van der Waals surface area contributed by atoms with E-state index in [2.05, 4.69) is 59.3 Å². The number of aliphatic imine (C=N–C) groups is 1. The number of amides is 1. The number of carbonyl (C=O) groups is 1. The number of guanidine groups is 1. The van der Waals surface area contributed by atoms with Crippen LogP contribution in [0, 0.1) is 17.2 Å². The third kappa shape index (κ3) is 3.89. The van der Waals surface area contributed by atoms with Crippen LogP contribution in [0.3, 0.4) is 0 Å². The van der Waals surface area contributed by atoms with E-state index in [9.17, 15) is 10.1 Å². The van der Waals surface area contributed by atoms with Crippen LogP contribution < -0.4 is 5.32 Å². The number of carbonyl (C=O) groups excluding carboxylic acids is 1. The molecule has 1 spiro atoms. The first-order valence-electron chi connectivity index (χ1n) is 10.9. The van der Waals surface area contributed by atoms with E-state index in [1.165, 1.54) is 12.0 Å². The molecule has 1 aromatic carbocycles. The normalized spacial score (nSPS) is 29.8. The number of piperidine rings is 2. The molecule has 3 aliphatic rings. The fraction of sp³-hybridized carbons (Fsp3) is 0.609. The summed E-state index contributed by atoms with van der Waals surface area (Å²) in [5.74, 6) is -0.197. The summed E-state index contributed by atoms with van der Waals surface area (Å²) in [7, 11) is 0. The number of hydrogen-bond donors (Lipinski definition) is 1. The van der Waals surface area contributed by atoms with Crippen LogP contribution in [0.2, 0.25) is 0 Å². The molecule has 1 N–H and O–H groups in total. The molecule has 3 unspecified atom stereocenters. The van der Waals surface area contributed by atoms with Gasteiger partial charge in [-0.1, -0.05) is 30.3 Å². The topological polar surface area (TPSA) is 71.7 Å². The van der Waals surface area contributed by atoms with Gasteiger partial charge in [0.1, 0.15) is 0 Å². The summed E-state index contributed by atoms with van der Waals surface area (Å²) >= 11 is 0. The molecule has 1 amide bonds. The van der Waals surface area contributed by atoms with Gasteiger partial charge >= 0.3 is 0 Å². The number of nitrogens with one attached hydrogen (secondary N) is 1. The molecule has 2 saturated heterocycles. The standard InChI is InChI=1S/C23H31N5O/c1-17-7-6-8-18(2)28(17)22-25-21(29)20(15-24)23(26-22)11-13-27(14-12-23)16-19-9-4-3-5-10-19/h3-5,9-10,17-18,20H,6-8,11-14,16H2,1-2H3,(H,25,26,29). The molecule has 4 rings (SSSR count). The molecule has 2 fully saturated rings. The average molecular weight is 394 g/mol. The number of nitriles is 1. The van der Waals surface area contributed by atoms with Crippen LogP contribution in [0.15, 0.2) is 35.3 Å². The SMILES string of the molecule is CC1CCCC(C)N1C1=NC2(CCN(Cc3ccccc3)CC2)C(C#N)C(=O)N1. The van der Waals surface area contributed by atoms with Crippen LogP contribution in [-0.2, 0) is 11.3 Å². The number of hydrogen-bond acceptors (Lipinski definition) is 5. The Labute approximate surface area is 173 Å². The van der Waals surface area contributed by atoms with Gasteiger partial charge in [-0.15, -0.1) is 0 Å². The van der Waals surface area contributed by atoms with Gasteiger partial charge in [-0.2, -0.15) is 5.26 Å². The van der Waals surface area contributed by atoms with Gasteiger partial charge in [0.05, 0.1) is 11.6 Å². The molecule has 154 valence electrons. The summed E-state index contributed by atoms with van der Waals surface area (Å²) < 4.78 is 0. The smallest absolute Gasteiger partial charge is 0.246 e. The third-order valence-corrected chi connectivity index (χ3v) is 6.90. The van der Waals surface area contributed by atoms with Gasteiger partial charge in [-0.3, -0.25) is 15.0 Å². The molecular weight excluding hydrogens is 362 g/mol. The van der Waals surface area contributed by atoms with Crippen molar-refractivity contribution in [2.24, 2.45) is 10.9 Å². The third-order valence-electron chi connectivity index (χ3n) is 6.90. The lowest BCUT2D eigenvalue weighted by molar-refractivity contribution is -0.125. The van der Waals surface area contributed by atoms with E-state index >= 15 is 0 Å². The molecule has 3 atom stereocenters. The predicted octanol–water partition coefficient (Wildman–Crippen LogP) is 2.91. The number of rotatable bonds is 2. The Morgan fingerprint density at radius 2 is 1.83 bits per heavy atom. The molecule has 0 radical (unpaired) electrons. The number of benzene rings is 1. The quantitative estimate of drug-likeness (QED) is 0.839. The van der Waals surface area contributed by atoms with Crippen LogP contribution in [0.1, 0.15) is 51.5 Å². The molecule has 1 aromatic rings. The van der Waals surface area contributed by atoms with E-state index < -0.39 is 11.5 Å². The molecular formula is C23H31N5O. The minimum Gasteiger partial charge on any atom is -0.337 e. The van der Waals surface area contributed by atoms with E-state index in [-0.39, 0.29) is 5.91 Å². The Hall–Kier alpha value is -2.39. The highest BCUT2D eigenvalue weighted by atomic mass is 16.2. The maximum Gasteiger partial charge on any atom is 0.246 e. The van der Waals surface area contributed by atoms with E-state index in [0.717, 1.165) is 45.3 Å². The van der Waals surface area contributed by atoms with Crippen LogP contribution in [-0.4, -0.2) is 52.4 Å². The summed E-state index contributed by atoms with van der Waals surface area (Å²) in [6, 6.07) is 13.4. The first kappa shape index (κ1) is 19.9. The van der Waals surface area contributed by atoms with Crippen LogP contribution in [0.4, 0.5) is 0 Å². The Kier molecular flexibility index (Phi) is 5.60. The Balaban J connectivity index is 1.55. The molecule has 3 heterocycles. The predicted molar refractivity (Wildman–Crippen MR) is 113 cm³/mol. The fourth-order valence-corrected chi connectivity index (χ4v) is 5.21. The van der Waals surface area contributed by atoms with Crippen molar-refractivity contribution in [1.82, 2.24) is 15.1 Å². The molecule has 0 aliphatic carbocycles. The van der Waals surface area contributed by atoms with Gasteiger partial charge in [-0.05, 0) is 51.5 Å². The molecule has 6 heteroatoms. The molecule has 3 aliphatic heterocycles. The minimum absolute atomic E-state index is 0.181. The van der Waals surface area contributed by atoms with Gasteiger partial charge in [0.15, 0.2) is 5.92 Å². The second-order valence-corrected chi connectivity index (χ2v) is 8.89. The second kappa shape index (κ2) is 8.16. The zero-order valence-electron chi connectivity index (χ0n) is 17.5. The van der Waals surface area contributed by atoms with Gasteiger partial charge in [0.25, 0.3) is 0 Å². The van der Waals surface area contributed by atoms with E-state index in [4.69, 9.17) is 4.99 Å². The largest absolute Gasteiger partial charge is 0.337 e. The van der Waals surface area contributed by atoms with Crippen molar-refractivity contribution in [2.45, 2.75) is 70.1 Å². The summed E-state index contributed by atoms with van der Waals surface area (Å²) in [5, 5.41) is 12.7. The van der Waals surface area contributed by atoms with Crippen molar-refractivity contribution in [3.63, 3.8) is 0 Å².